The first kappa shape index (κ1) is 15.0. The normalized spacial score (nSPS) is 11.8. The average Bonchev–Trinajstić information content (AvgIpc) is 2.49. The van der Waals surface area contributed by atoms with Crippen molar-refractivity contribution in [2.45, 2.75) is 26.8 Å². The van der Waals surface area contributed by atoms with Crippen molar-refractivity contribution >= 4 is 5.91 Å². The number of carbonyl (C=O) groups excluding carboxylic acids is 1. The third-order valence-corrected chi connectivity index (χ3v) is 3.24. The predicted molar refractivity (Wildman–Crippen MR) is 80.0 cm³/mol. The van der Waals surface area contributed by atoms with Gasteiger partial charge in [0.15, 0.2) is 6.61 Å². The Balaban J connectivity index is 1.86. The Kier molecular flexibility index (Phi) is 4.87. The van der Waals surface area contributed by atoms with Crippen LogP contribution in [0.1, 0.15) is 29.8 Å². The maximum Gasteiger partial charge on any atom is 0.258 e. The Bertz CT molecular complexity index is 614. The molecule has 1 aromatic heterocycles. The van der Waals surface area contributed by atoms with Gasteiger partial charge in [0.1, 0.15) is 0 Å². The summed E-state index contributed by atoms with van der Waals surface area (Å²) in [4.78, 5) is 11.9. The standard InChI is InChI=1S/C16H19N3O2/c1-11-9-16(19-18-12(11)2)21-10-15(20)17-13(3)14-7-5-4-6-8-14/h4-9,13H,10H2,1-3H3,(H,17,20)/t13-/m0/s1. The third kappa shape index (κ3) is 4.27. The van der Waals surface area contributed by atoms with Gasteiger partial charge in [0.05, 0.1) is 11.7 Å². The van der Waals surface area contributed by atoms with E-state index in [1.165, 1.54) is 0 Å². The number of hydrogen-bond donors (Lipinski definition) is 1. The van der Waals surface area contributed by atoms with Gasteiger partial charge in [0.2, 0.25) is 5.88 Å². The number of aryl methyl sites for hydroxylation is 2. The van der Waals surface area contributed by atoms with E-state index >= 15 is 0 Å². The van der Waals surface area contributed by atoms with Gasteiger partial charge in [0, 0.05) is 6.07 Å². The summed E-state index contributed by atoms with van der Waals surface area (Å²) in [5.41, 5.74) is 2.89. The van der Waals surface area contributed by atoms with E-state index in [-0.39, 0.29) is 18.6 Å². The quantitative estimate of drug-likeness (QED) is 0.916. The fourth-order valence-electron chi connectivity index (χ4n) is 1.84. The fraction of sp³-hybridized carbons (Fsp3) is 0.312. The molecule has 0 radical (unpaired) electrons. The van der Waals surface area contributed by atoms with Crippen LogP contribution in [0.2, 0.25) is 0 Å². The maximum atomic E-state index is 11.9. The van der Waals surface area contributed by atoms with Crippen molar-refractivity contribution in [2.75, 3.05) is 6.61 Å². The van der Waals surface area contributed by atoms with Gasteiger partial charge in [-0.15, -0.1) is 5.10 Å². The average molecular weight is 285 g/mol. The van der Waals surface area contributed by atoms with E-state index in [0.717, 1.165) is 16.8 Å². The molecule has 2 aromatic rings. The van der Waals surface area contributed by atoms with Crippen LogP contribution in [0.3, 0.4) is 0 Å². The van der Waals surface area contributed by atoms with Crippen LogP contribution >= 0.6 is 0 Å². The second-order valence-corrected chi connectivity index (χ2v) is 4.94. The lowest BCUT2D eigenvalue weighted by Crippen LogP contribution is -2.31. The van der Waals surface area contributed by atoms with Gasteiger partial charge in [-0.25, -0.2) is 0 Å². The second-order valence-electron chi connectivity index (χ2n) is 4.94. The molecular formula is C16H19N3O2. The molecular weight excluding hydrogens is 266 g/mol. The number of ether oxygens (including phenoxy) is 1. The number of rotatable bonds is 5. The monoisotopic (exact) mass is 285 g/mol. The number of carbonyl (C=O) groups is 1. The van der Waals surface area contributed by atoms with Crippen LogP contribution in [-0.2, 0) is 4.79 Å². The first-order valence-corrected chi connectivity index (χ1v) is 6.84. The van der Waals surface area contributed by atoms with Crippen LogP contribution in [0.25, 0.3) is 0 Å². The minimum atomic E-state index is -0.189. The van der Waals surface area contributed by atoms with Gasteiger partial charge in [-0.1, -0.05) is 30.3 Å². The molecule has 0 aliphatic rings. The first-order valence-electron chi connectivity index (χ1n) is 6.84. The lowest BCUT2D eigenvalue weighted by Gasteiger charge is -2.14. The molecule has 0 unspecified atom stereocenters. The van der Waals surface area contributed by atoms with E-state index in [2.05, 4.69) is 15.5 Å². The molecule has 5 nitrogen and oxygen atoms in total. The number of nitrogens with one attached hydrogen (secondary N) is 1. The van der Waals surface area contributed by atoms with E-state index in [9.17, 15) is 4.79 Å². The van der Waals surface area contributed by atoms with Crippen LogP contribution < -0.4 is 10.1 Å². The SMILES string of the molecule is Cc1cc(OCC(=O)N[C@@H](C)c2ccccc2)nnc1C. The van der Waals surface area contributed by atoms with Gasteiger partial charge in [-0.3, -0.25) is 4.79 Å². The van der Waals surface area contributed by atoms with Gasteiger partial charge in [-0.2, -0.15) is 5.10 Å². The van der Waals surface area contributed by atoms with Crippen molar-refractivity contribution in [3.8, 4) is 5.88 Å². The molecule has 0 bridgehead atoms. The van der Waals surface area contributed by atoms with E-state index in [4.69, 9.17) is 4.74 Å². The molecule has 110 valence electrons. The van der Waals surface area contributed by atoms with Gasteiger partial charge >= 0.3 is 0 Å². The smallest absolute Gasteiger partial charge is 0.258 e. The first-order chi connectivity index (χ1) is 10.1. The summed E-state index contributed by atoms with van der Waals surface area (Å²) in [5, 5.41) is 10.7. The molecule has 1 aromatic carbocycles. The van der Waals surface area contributed by atoms with Gasteiger partial charge < -0.3 is 10.1 Å². The van der Waals surface area contributed by atoms with Crippen LogP contribution in [0.15, 0.2) is 36.4 Å². The Morgan fingerprint density at radius 3 is 2.62 bits per heavy atom. The topological polar surface area (TPSA) is 64.1 Å². The second kappa shape index (κ2) is 6.83. The van der Waals surface area contributed by atoms with Crippen molar-refractivity contribution < 1.29 is 9.53 Å². The molecule has 0 saturated heterocycles. The summed E-state index contributed by atoms with van der Waals surface area (Å²) in [7, 11) is 0. The lowest BCUT2D eigenvalue weighted by molar-refractivity contribution is -0.123. The van der Waals surface area contributed by atoms with E-state index in [1.54, 1.807) is 6.07 Å². The van der Waals surface area contributed by atoms with Crippen LogP contribution in [0.4, 0.5) is 0 Å². The molecule has 1 heterocycles. The lowest BCUT2D eigenvalue weighted by atomic mass is 10.1. The highest BCUT2D eigenvalue weighted by molar-refractivity contribution is 5.77. The summed E-state index contributed by atoms with van der Waals surface area (Å²) < 4.78 is 5.35. The van der Waals surface area contributed by atoms with Gasteiger partial charge in [0.25, 0.3) is 5.91 Å². The zero-order valence-electron chi connectivity index (χ0n) is 12.5. The Morgan fingerprint density at radius 2 is 1.95 bits per heavy atom. The minimum absolute atomic E-state index is 0.0619. The zero-order chi connectivity index (χ0) is 15.2. The molecule has 1 N–H and O–H groups in total. The number of nitrogens with zero attached hydrogens (tertiary/aromatic N) is 2. The van der Waals surface area contributed by atoms with Crippen molar-refractivity contribution in [1.29, 1.82) is 0 Å². The van der Waals surface area contributed by atoms with E-state index in [0.29, 0.717) is 5.88 Å². The molecule has 1 amide bonds. The Morgan fingerprint density at radius 1 is 1.24 bits per heavy atom. The van der Waals surface area contributed by atoms with Crippen molar-refractivity contribution in [3.63, 3.8) is 0 Å². The fourth-order valence-corrected chi connectivity index (χ4v) is 1.84. The summed E-state index contributed by atoms with van der Waals surface area (Å²) >= 11 is 0. The number of benzene rings is 1. The number of hydrogen-bond acceptors (Lipinski definition) is 4. The highest BCUT2D eigenvalue weighted by Gasteiger charge is 2.10. The summed E-state index contributed by atoms with van der Waals surface area (Å²) in [5.74, 6) is 0.173. The maximum absolute atomic E-state index is 11.9. The van der Waals surface area contributed by atoms with Crippen molar-refractivity contribution in [3.05, 3.63) is 53.2 Å². The highest BCUT2D eigenvalue weighted by atomic mass is 16.5. The third-order valence-electron chi connectivity index (χ3n) is 3.24. The molecule has 21 heavy (non-hydrogen) atoms. The predicted octanol–water partition coefficient (Wildman–Crippen LogP) is 2.35. The highest BCUT2D eigenvalue weighted by Crippen LogP contribution is 2.12. The molecule has 0 aliphatic carbocycles. The van der Waals surface area contributed by atoms with Crippen LogP contribution in [0, 0.1) is 13.8 Å². The molecule has 2 rings (SSSR count). The van der Waals surface area contributed by atoms with Gasteiger partial charge in [-0.05, 0) is 31.9 Å². The summed E-state index contributed by atoms with van der Waals surface area (Å²) in [6, 6.07) is 11.5. The Labute approximate surface area is 124 Å². The summed E-state index contributed by atoms with van der Waals surface area (Å²) in [6.45, 7) is 5.66. The number of aromatic nitrogens is 2. The molecule has 0 saturated carbocycles. The largest absolute Gasteiger partial charge is 0.466 e. The molecule has 5 heteroatoms. The molecule has 0 fully saturated rings. The van der Waals surface area contributed by atoms with Crippen LogP contribution in [-0.4, -0.2) is 22.7 Å². The molecule has 1 atom stereocenters. The van der Waals surface area contributed by atoms with Crippen molar-refractivity contribution in [1.82, 2.24) is 15.5 Å². The zero-order valence-corrected chi connectivity index (χ0v) is 12.5. The number of amides is 1. The Hall–Kier alpha value is -2.43. The molecule has 0 aliphatic heterocycles. The summed E-state index contributed by atoms with van der Waals surface area (Å²) in [6.07, 6.45) is 0. The van der Waals surface area contributed by atoms with E-state index < -0.39 is 0 Å². The van der Waals surface area contributed by atoms with E-state index in [1.807, 2.05) is 51.1 Å². The molecule has 0 spiro atoms. The van der Waals surface area contributed by atoms with Crippen molar-refractivity contribution in [2.24, 2.45) is 0 Å². The minimum Gasteiger partial charge on any atom is -0.466 e. The van der Waals surface area contributed by atoms with Crippen LogP contribution in [0.5, 0.6) is 5.88 Å².